The van der Waals surface area contributed by atoms with Crippen molar-refractivity contribution >= 4 is 35.0 Å². The quantitative estimate of drug-likeness (QED) is 0.530. The zero-order valence-electron chi connectivity index (χ0n) is 12.1. The molecule has 1 unspecified atom stereocenters. The molecule has 1 aromatic carbocycles. The SMILES string of the molecule is O=C(O)CC1SC(=NN=Cc2cc(OC(F)(F)F)ccc2O)NC1=O. The third-order valence-electron chi connectivity index (χ3n) is 2.71. The fourth-order valence-electron chi connectivity index (χ4n) is 1.72. The first-order chi connectivity index (χ1) is 11.6. The lowest BCUT2D eigenvalue weighted by molar-refractivity contribution is -0.274. The van der Waals surface area contributed by atoms with Crippen LogP contribution >= 0.6 is 11.8 Å². The fourth-order valence-corrected chi connectivity index (χ4v) is 2.64. The Bertz CT molecular complexity index is 751. The molecule has 0 aromatic heterocycles. The van der Waals surface area contributed by atoms with Crippen molar-refractivity contribution in [3.63, 3.8) is 0 Å². The third-order valence-corrected chi connectivity index (χ3v) is 3.79. The van der Waals surface area contributed by atoms with Gasteiger partial charge in [-0.25, -0.2) is 0 Å². The fraction of sp³-hybridized carbons (Fsp3) is 0.231. The minimum absolute atomic E-state index is 0.0367. The molecule has 1 aromatic rings. The summed E-state index contributed by atoms with van der Waals surface area (Å²) in [4.78, 5) is 22.1. The molecule has 0 bridgehead atoms. The van der Waals surface area contributed by atoms with Crippen molar-refractivity contribution in [2.45, 2.75) is 18.0 Å². The van der Waals surface area contributed by atoms with Crippen LogP contribution in [0.5, 0.6) is 11.5 Å². The van der Waals surface area contributed by atoms with Gasteiger partial charge in [0.25, 0.3) is 0 Å². The Morgan fingerprint density at radius 1 is 1.44 bits per heavy atom. The summed E-state index contributed by atoms with van der Waals surface area (Å²) in [5.41, 5.74) is -0.0949. The molecule has 134 valence electrons. The van der Waals surface area contributed by atoms with Crippen LogP contribution in [0.15, 0.2) is 28.4 Å². The number of amidine groups is 1. The summed E-state index contributed by atoms with van der Waals surface area (Å²) in [6, 6.07) is 2.82. The zero-order chi connectivity index (χ0) is 18.6. The first-order valence-corrected chi connectivity index (χ1v) is 7.41. The minimum atomic E-state index is -4.88. The molecule has 3 N–H and O–H groups in total. The average molecular weight is 377 g/mol. The standard InChI is InChI=1S/C13H10F3N3O5S/c14-13(15,16)24-7-1-2-8(20)6(3-7)5-17-19-12-18-11(23)9(25-12)4-10(21)22/h1-3,5,9,20H,4H2,(H,21,22)(H,18,19,23). The normalized spacial score (nSPS) is 19.4. The summed E-state index contributed by atoms with van der Waals surface area (Å²) in [5.74, 6) is -2.59. The summed E-state index contributed by atoms with van der Waals surface area (Å²) in [6.45, 7) is 0. The van der Waals surface area contributed by atoms with Gasteiger partial charge >= 0.3 is 12.3 Å². The van der Waals surface area contributed by atoms with Gasteiger partial charge in [-0.3, -0.25) is 9.59 Å². The van der Waals surface area contributed by atoms with E-state index in [0.29, 0.717) is 0 Å². The van der Waals surface area contributed by atoms with Crippen molar-refractivity contribution in [3.8, 4) is 11.5 Å². The summed E-state index contributed by atoms with van der Waals surface area (Å²) >= 11 is 0.856. The number of benzene rings is 1. The average Bonchev–Trinajstić information content (AvgIpc) is 2.80. The molecule has 12 heteroatoms. The summed E-state index contributed by atoms with van der Waals surface area (Å²) in [7, 11) is 0. The Kier molecular flexibility index (Phi) is 5.51. The topological polar surface area (TPSA) is 121 Å². The lowest BCUT2D eigenvalue weighted by atomic mass is 10.2. The first-order valence-electron chi connectivity index (χ1n) is 6.53. The molecular formula is C13H10F3N3O5S. The number of hydrogen-bond acceptors (Lipinski definition) is 7. The molecule has 1 aliphatic heterocycles. The Labute approximate surface area is 142 Å². The predicted molar refractivity (Wildman–Crippen MR) is 81.6 cm³/mol. The second-order valence-corrected chi connectivity index (χ2v) is 5.80. The van der Waals surface area contributed by atoms with Crippen molar-refractivity contribution < 1.29 is 37.7 Å². The van der Waals surface area contributed by atoms with E-state index in [1.54, 1.807) is 0 Å². The maximum Gasteiger partial charge on any atom is 0.573 e. The lowest BCUT2D eigenvalue weighted by Crippen LogP contribution is -2.26. The number of halogens is 3. The molecule has 1 aliphatic rings. The third kappa shape index (κ3) is 5.67. The predicted octanol–water partition coefficient (Wildman–Crippen LogP) is 1.69. The Morgan fingerprint density at radius 2 is 2.16 bits per heavy atom. The smallest absolute Gasteiger partial charge is 0.507 e. The van der Waals surface area contributed by atoms with E-state index in [-0.39, 0.29) is 16.5 Å². The molecule has 0 spiro atoms. The Balaban J connectivity index is 2.08. The Hall–Kier alpha value is -2.76. The van der Waals surface area contributed by atoms with E-state index in [0.717, 1.165) is 36.2 Å². The number of hydrogen-bond donors (Lipinski definition) is 3. The zero-order valence-corrected chi connectivity index (χ0v) is 13.0. The molecule has 0 aliphatic carbocycles. The van der Waals surface area contributed by atoms with Gasteiger partial charge < -0.3 is 20.3 Å². The van der Waals surface area contributed by atoms with E-state index in [1.165, 1.54) is 0 Å². The highest BCUT2D eigenvalue weighted by Crippen LogP contribution is 2.27. The number of carboxylic acids is 1. The highest BCUT2D eigenvalue weighted by molar-refractivity contribution is 8.15. The van der Waals surface area contributed by atoms with Gasteiger partial charge in [0.15, 0.2) is 5.17 Å². The van der Waals surface area contributed by atoms with E-state index in [2.05, 4.69) is 20.3 Å². The lowest BCUT2D eigenvalue weighted by Gasteiger charge is -2.09. The maximum atomic E-state index is 12.2. The summed E-state index contributed by atoms with van der Waals surface area (Å²) < 4.78 is 40.2. The molecule has 0 saturated carbocycles. The number of carbonyl (C=O) groups excluding carboxylic acids is 1. The number of nitrogens with one attached hydrogen (secondary N) is 1. The van der Waals surface area contributed by atoms with Crippen LogP contribution in [0.25, 0.3) is 0 Å². The van der Waals surface area contributed by atoms with Gasteiger partial charge in [0.05, 0.1) is 12.6 Å². The van der Waals surface area contributed by atoms with Crippen LogP contribution in [-0.4, -0.2) is 45.1 Å². The van der Waals surface area contributed by atoms with Crippen molar-refractivity contribution in [3.05, 3.63) is 23.8 Å². The van der Waals surface area contributed by atoms with Crippen LogP contribution in [0, 0.1) is 0 Å². The van der Waals surface area contributed by atoms with Gasteiger partial charge in [-0.1, -0.05) is 11.8 Å². The molecule has 0 radical (unpaired) electrons. The van der Waals surface area contributed by atoms with Crippen molar-refractivity contribution in [2.24, 2.45) is 10.2 Å². The van der Waals surface area contributed by atoms with E-state index >= 15 is 0 Å². The van der Waals surface area contributed by atoms with Crippen molar-refractivity contribution in [1.82, 2.24) is 5.32 Å². The van der Waals surface area contributed by atoms with E-state index in [1.807, 2.05) is 0 Å². The molecule has 1 amide bonds. The second-order valence-electron chi connectivity index (χ2n) is 4.61. The van der Waals surface area contributed by atoms with Gasteiger partial charge in [0, 0.05) is 5.56 Å². The van der Waals surface area contributed by atoms with Crippen LogP contribution in [-0.2, 0) is 9.59 Å². The number of amides is 1. The van der Waals surface area contributed by atoms with Gasteiger partial charge in [0.2, 0.25) is 5.91 Å². The summed E-state index contributed by atoms with van der Waals surface area (Å²) in [5, 5.41) is 26.9. The molecule has 8 nitrogen and oxygen atoms in total. The number of aromatic hydroxyl groups is 1. The number of aliphatic carboxylic acids is 1. The number of alkyl halides is 3. The number of carbonyl (C=O) groups is 2. The monoisotopic (exact) mass is 377 g/mol. The van der Waals surface area contributed by atoms with E-state index in [9.17, 15) is 27.9 Å². The number of rotatable bonds is 5. The number of carboxylic acid groups (broad SMARTS) is 1. The van der Waals surface area contributed by atoms with Gasteiger partial charge in [-0.2, -0.15) is 5.10 Å². The van der Waals surface area contributed by atoms with Crippen LogP contribution < -0.4 is 10.1 Å². The number of thioether (sulfide) groups is 1. The largest absolute Gasteiger partial charge is 0.573 e. The van der Waals surface area contributed by atoms with E-state index in [4.69, 9.17) is 5.11 Å². The molecular weight excluding hydrogens is 367 g/mol. The number of nitrogens with zero attached hydrogens (tertiary/aromatic N) is 2. The highest BCUT2D eigenvalue weighted by Gasteiger charge is 2.32. The highest BCUT2D eigenvalue weighted by atomic mass is 32.2. The molecule has 1 fully saturated rings. The maximum absolute atomic E-state index is 12.2. The number of ether oxygens (including phenoxy) is 1. The molecule has 2 rings (SSSR count). The van der Waals surface area contributed by atoms with Gasteiger partial charge in [0.1, 0.15) is 16.7 Å². The molecule has 1 saturated heterocycles. The van der Waals surface area contributed by atoms with Crippen molar-refractivity contribution in [2.75, 3.05) is 0 Å². The van der Waals surface area contributed by atoms with Crippen molar-refractivity contribution in [1.29, 1.82) is 0 Å². The van der Waals surface area contributed by atoms with E-state index < -0.39 is 35.7 Å². The minimum Gasteiger partial charge on any atom is -0.507 e. The molecule has 25 heavy (non-hydrogen) atoms. The van der Waals surface area contributed by atoms with Gasteiger partial charge in [-0.15, -0.1) is 18.3 Å². The molecule has 1 heterocycles. The number of phenols is 1. The Morgan fingerprint density at radius 3 is 2.80 bits per heavy atom. The van der Waals surface area contributed by atoms with Gasteiger partial charge in [-0.05, 0) is 18.2 Å². The molecule has 1 atom stereocenters. The summed E-state index contributed by atoms with van der Waals surface area (Å²) in [6.07, 6.45) is -4.31. The number of phenolic OH excluding ortho intramolecular Hbond substituents is 1. The van der Waals surface area contributed by atoms with Crippen LogP contribution in [0.3, 0.4) is 0 Å². The first kappa shape index (κ1) is 18.6. The van der Waals surface area contributed by atoms with Crippen LogP contribution in [0.1, 0.15) is 12.0 Å². The van der Waals surface area contributed by atoms with Crippen LogP contribution in [0.4, 0.5) is 13.2 Å². The second kappa shape index (κ2) is 7.42. The van der Waals surface area contributed by atoms with Crippen LogP contribution in [0.2, 0.25) is 0 Å².